The van der Waals surface area contributed by atoms with Gasteiger partial charge in [0.15, 0.2) is 0 Å². The number of thiazole rings is 1. The van der Waals surface area contributed by atoms with E-state index in [2.05, 4.69) is 20.2 Å². The first-order chi connectivity index (χ1) is 13.2. The van der Waals surface area contributed by atoms with Crippen molar-refractivity contribution < 1.29 is 9.21 Å². The third kappa shape index (κ3) is 4.13. The molecule has 3 aromatic rings. The third-order valence-electron chi connectivity index (χ3n) is 4.47. The van der Waals surface area contributed by atoms with Crippen molar-refractivity contribution in [2.45, 2.75) is 19.8 Å². The van der Waals surface area contributed by atoms with Crippen molar-refractivity contribution in [3.05, 3.63) is 41.5 Å². The van der Waals surface area contributed by atoms with Crippen LogP contribution in [-0.4, -0.2) is 57.2 Å². The topological polar surface area (TPSA) is 88.3 Å². The predicted molar refractivity (Wildman–Crippen MR) is 101 cm³/mol. The van der Waals surface area contributed by atoms with Crippen molar-refractivity contribution >= 4 is 23.3 Å². The second-order valence-electron chi connectivity index (χ2n) is 6.36. The van der Waals surface area contributed by atoms with Gasteiger partial charge >= 0.3 is 6.01 Å². The molecular weight excluding hydrogens is 364 g/mol. The number of pyridine rings is 1. The summed E-state index contributed by atoms with van der Waals surface area (Å²) >= 11 is 1.58. The molecule has 4 rings (SSSR count). The molecule has 1 aliphatic heterocycles. The van der Waals surface area contributed by atoms with Crippen LogP contribution >= 0.6 is 11.3 Å². The molecule has 3 aromatic heterocycles. The lowest BCUT2D eigenvalue weighted by molar-refractivity contribution is -0.131. The summed E-state index contributed by atoms with van der Waals surface area (Å²) in [6.07, 6.45) is 4.67. The smallest absolute Gasteiger partial charge is 0.318 e. The molecule has 1 aliphatic rings. The van der Waals surface area contributed by atoms with Gasteiger partial charge in [-0.2, -0.15) is 0 Å². The van der Waals surface area contributed by atoms with Crippen LogP contribution in [0.1, 0.15) is 18.0 Å². The summed E-state index contributed by atoms with van der Waals surface area (Å²) in [5, 5.41) is 10.8. The SMILES string of the molecule is Cc1nnc(N2CCN(C(=O)CCc3csc(-c4cccnc4)n3)CC2)o1. The number of anilines is 1. The number of amides is 1. The van der Waals surface area contributed by atoms with Crippen molar-refractivity contribution in [2.24, 2.45) is 0 Å². The Bertz CT molecular complexity index is 901. The molecule has 27 heavy (non-hydrogen) atoms. The van der Waals surface area contributed by atoms with Crippen LogP contribution in [0.4, 0.5) is 6.01 Å². The first-order valence-electron chi connectivity index (χ1n) is 8.86. The first kappa shape index (κ1) is 17.6. The number of carbonyl (C=O) groups excluding carboxylic acids is 1. The Hall–Kier alpha value is -2.81. The number of aromatic nitrogens is 4. The number of carbonyl (C=O) groups is 1. The van der Waals surface area contributed by atoms with E-state index < -0.39 is 0 Å². The van der Waals surface area contributed by atoms with Gasteiger partial charge in [0, 0.05) is 62.9 Å². The van der Waals surface area contributed by atoms with Gasteiger partial charge in [-0.15, -0.1) is 16.4 Å². The summed E-state index contributed by atoms with van der Waals surface area (Å²) in [4.78, 5) is 25.2. The summed E-state index contributed by atoms with van der Waals surface area (Å²) in [5.41, 5.74) is 1.96. The highest BCUT2D eigenvalue weighted by molar-refractivity contribution is 7.13. The van der Waals surface area contributed by atoms with Crippen molar-refractivity contribution in [2.75, 3.05) is 31.1 Å². The van der Waals surface area contributed by atoms with Crippen LogP contribution in [-0.2, 0) is 11.2 Å². The summed E-state index contributed by atoms with van der Waals surface area (Å²) in [6, 6.07) is 4.42. The maximum absolute atomic E-state index is 12.5. The quantitative estimate of drug-likeness (QED) is 0.666. The zero-order chi connectivity index (χ0) is 18.6. The lowest BCUT2D eigenvalue weighted by Gasteiger charge is -2.33. The van der Waals surface area contributed by atoms with Crippen LogP contribution in [0.25, 0.3) is 10.6 Å². The predicted octanol–water partition coefficient (Wildman–Crippen LogP) is 2.18. The minimum Gasteiger partial charge on any atom is -0.408 e. The van der Waals surface area contributed by atoms with E-state index in [4.69, 9.17) is 4.42 Å². The van der Waals surface area contributed by atoms with Crippen molar-refractivity contribution in [3.8, 4) is 10.6 Å². The summed E-state index contributed by atoms with van der Waals surface area (Å²) in [6.45, 7) is 4.51. The van der Waals surface area contributed by atoms with Gasteiger partial charge in [-0.1, -0.05) is 5.10 Å². The van der Waals surface area contributed by atoms with Crippen LogP contribution < -0.4 is 4.90 Å². The van der Waals surface area contributed by atoms with E-state index in [1.807, 2.05) is 27.3 Å². The van der Waals surface area contributed by atoms with Crippen molar-refractivity contribution in [1.82, 2.24) is 25.1 Å². The number of nitrogens with zero attached hydrogens (tertiary/aromatic N) is 6. The van der Waals surface area contributed by atoms with E-state index in [1.54, 1.807) is 30.7 Å². The van der Waals surface area contributed by atoms with Gasteiger partial charge in [0.05, 0.1) is 5.69 Å². The first-order valence-corrected chi connectivity index (χ1v) is 9.74. The Labute approximate surface area is 160 Å². The van der Waals surface area contributed by atoms with Gasteiger partial charge in [0.25, 0.3) is 0 Å². The van der Waals surface area contributed by atoms with Crippen LogP contribution in [0.3, 0.4) is 0 Å². The van der Waals surface area contributed by atoms with Gasteiger partial charge in [0.2, 0.25) is 11.8 Å². The molecule has 0 saturated carbocycles. The Morgan fingerprint density at radius 2 is 2.11 bits per heavy atom. The molecular formula is C18H20N6O2S. The van der Waals surface area contributed by atoms with Crippen LogP contribution in [0.2, 0.25) is 0 Å². The van der Waals surface area contributed by atoms with Crippen LogP contribution in [0.5, 0.6) is 0 Å². The maximum atomic E-state index is 12.5. The highest BCUT2D eigenvalue weighted by Crippen LogP contribution is 2.23. The fourth-order valence-corrected chi connectivity index (χ4v) is 3.84. The Morgan fingerprint density at radius 1 is 1.26 bits per heavy atom. The minimum absolute atomic E-state index is 0.160. The van der Waals surface area contributed by atoms with Crippen LogP contribution in [0, 0.1) is 6.92 Å². The molecule has 0 aliphatic carbocycles. The molecule has 140 valence electrons. The second-order valence-corrected chi connectivity index (χ2v) is 7.22. The third-order valence-corrected chi connectivity index (χ3v) is 5.41. The minimum atomic E-state index is 0.160. The zero-order valence-corrected chi connectivity index (χ0v) is 15.9. The summed E-state index contributed by atoms with van der Waals surface area (Å²) in [7, 11) is 0. The molecule has 0 spiro atoms. The summed E-state index contributed by atoms with van der Waals surface area (Å²) in [5.74, 6) is 0.713. The fraction of sp³-hybridized carbons (Fsp3) is 0.389. The molecule has 8 nitrogen and oxygen atoms in total. The number of piperazine rings is 1. The number of rotatable bonds is 5. The van der Waals surface area contributed by atoms with E-state index >= 15 is 0 Å². The van der Waals surface area contributed by atoms with Crippen LogP contribution in [0.15, 0.2) is 34.3 Å². The van der Waals surface area contributed by atoms with E-state index in [-0.39, 0.29) is 5.91 Å². The Kier molecular flexibility index (Phi) is 5.10. The molecule has 1 saturated heterocycles. The summed E-state index contributed by atoms with van der Waals surface area (Å²) < 4.78 is 5.45. The fourth-order valence-electron chi connectivity index (χ4n) is 3.00. The monoisotopic (exact) mass is 384 g/mol. The molecule has 0 radical (unpaired) electrons. The molecule has 9 heteroatoms. The average molecular weight is 384 g/mol. The standard InChI is InChI=1S/C18H20N6O2S/c1-13-21-22-18(26-13)24-9-7-23(8-10-24)16(25)5-4-15-12-27-17(20-15)14-3-2-6-19-11-14/h2-3,6,11-12H,4-5,7-10H2,1H3. The average Bonchev–Trinajstić information content (AvgIpc) is 3.36. The van der Waals surface area contributed by atoms with Crippen molar-refractivity contribution in [1.29, 1.82) is 0 Å². The normalized spacial score (nSPS) is 14.6. The molecule has 1 fully saturated rings. The van der Waals surface area contributed by atoms with Gasteiger partial charge in [-0.3, -0.25) is 9.78 Å². The van der Waals surface area contributed by atoms with Gasteiger partial charge in [0.1, 0.15) is 5.01 Å². The Morgan fingerprint density at radius 3 is 2.81 bits per heavy atom. The zero-order valence-electron chi connectivity index (χ0n) is 15.0. The molecule has 1 amide bonds. The van der Waals surface area contributed by atoms with Gasteiger partial charge in [-0.25, -0.2) is 4.98 Å². The van der Waals surface area contributed by atoms with E-state index in [0.717, 1.165) is 16.3 Å². The highest BCUT2D eigenvalue weighted by Gasteiger charge is 2.23. The Balaban J connectivity index is 1.27. The number of hydrogen-bond donors (Lipinski definition) is 0. The lowest BCUT2D eigenvalue weighted by atomic mass is 10.2. The largest absolute Gasteiger partial charge is 0.408 e. The second kappa shape index (κ2) is 7.83. The molecule has 0 bridgehead atoms. The highest BCUT2D eigenvalue weighted by atomic mass is 32.1. The van der Waals surface area contributed by atoms with Crippen molar-refractivity contribution in [3.63, 3.8) is 0 Å². The number of aryl methyl sites for hydroxylation is 2. The molecule has 4 heterocycles. The van der Waals surface area contributed by atoms with E-state index in [1.165, 1.54) is 0 Å². The van der Waals surface area contributed by atoms with Gasteiger partial charge < -0.3 is 14.2 Å². The van der Waals surface area contributed by atoms with E-state index in [0.29, 0.717) is 50.9 Å². The molecule has 0 N–H and O–H groups in total. The maximum Gasteiger partial charge on any atom is 0.318 e. The molecule has 0 aromatic carbocycles. The van der Waals surface area contributed by atoms with Gasteiger partial charge in [-0.05, 0) is 18.6 Å². The molecule has 0 unspecified atom stereocenters. The van der Waals surface area contributed by atoms with E-state index in [9.17, 15) is 4.79 Å². The molecule has 0 atom stereocenters. The lowest BCUT2D eigenvalue weighted by Crippen LogP contribution is -2.49. The number of hydrogen-bond acceptors (Lipinski definition) is 8.